The molecule has 1 aliphatic rings. The van der Waals surface area contributed by atoms with E-state index in [4.69, 9.17) is 25.8 Å². The van der Waals surface area contributed by atoms with Crippen LogP contribution in [0.4, 0.5) is 15.9 Å². The molecule has 0 saturated carbocycles. The van der Waals surface area contributed by atoms with Crippen molar-refractivity contribution in [1.82, 2.24) is 9.97 Å². The van der Waals surface area contributed by atoms with E-state index in [0.717, 1.165) is 16.5 Å². The Morgan fingerprint density at radius 2 is 1.98 bits per heavy atom. The van der Waals surface area contributed by atoms with Gasteiger partial charge in [-0.2, -0.15) is 0 Å². The largest absolute Gasteiger partial charge is 0.490 e. The van der Waals surface area contributed by atoms with Gasteiger partial charge in [0.1, 0.15) is 35.9 Å². The Labute approximate surface area is 249 Å². The number of nitrogens with zero attached hydrogens (tertiary/aromatic N) is 2. The Bertz CT molecular complexity index is 1690. The molecule has 1 N–H and O–H groups in total. The van der Waals surface area contributed by atoms with Gasteiger partial charge in [-0.1, -0.05) is 36.7 Å². The molecule has 0 saturated heterocycles. The van der Waals surface area contributed by atoms with Crippen molar-refractivity contribution in [3.63, 3.8) is 0 Å². The van der Waals surface area contributed by atoms with Gasteiger partial charge < -0.3 is 19.5 Å². The van der Waals surface area contributed by atoms with E-state index in [1.54, 1.807) is 37.5 Å². The maximum absolute atomic E-state index is 13.5. The first-order valence-corrected chi connectivity index (χ1v) is 15.8. The summed E-state index contributed by atoms with van der Waals surface area (Å²) < 4.78 is 54.6. The molecule has 5 rings (SSSR count). The van der Waals surface area contributed by atoms with Gasteiger partial charge in [0, 0.05) is 29.7 Å². The number of rotatable bonds is 13. The van der Waals surface area contributed by atoms with Gasteiger partial charge in [0.25, 0.3) is 0 Å². The molecule has 0 radical (unpaired) electrons. The van der Waals surface area contributed by atoms with Crippen LogP contribution in [0.25, 0.3) is 10.9 Å². The number of aromatic nitrogens is 2. The summed E-state index contributed by atoms with van der Waals surface area (Å²) in [5.41, 5.74) is 2.44. The summed E-state index contributed by atoms with van der Waals surface area (Å²) in [5.74, 6) is 0.847. The predicted molar refractivity (Wildman–Crippen MR) is 161 cm³/mol. The van der Waals surface area contributed by atoms with E-state index in [0.29, 0.717) is 47.3 Å². The number of ether oxygens (including phenoxy) is 3. The molecule has 0 aliphatic carbocycles. The zero-order chi connectivity index (χ0) is 29.6. The number of benzene rings is 3. The zero-order valence-corrected chi connectivity index (χ0v) is 24.6. The summed E-state index contributed by atoms with van der Waals surface area (Å²) in [4.78, 5) is 8.90. The lowest BCUT2D eigenvalue weighted by molar-refractivity contribution is 0.00280. The third-order valence-corrected chi connectivity index (χ3v) is 9.07. The maximum atomic E-state index is 13.5. The van der Waals surface area contributed by atoms with Gasteiger partial charge in [-0.25, -0.2) is 22.8 Å². The molecule has 2 heterocycles. The molecule has 0 spiro atoms. The van der Waals surface area contributed by atoms with Crippen LogP contribution in [-0.4, -0.2) is 43.1 Å². The Morgan fingerprint density at radius 3 is 2.74 bits per heavy atom. The predicted octanol–water partition coefficient (Wildman–Crippen LogP) is 6.72. The first kappa shape index (κ1) is 29.8. The molecule has 1 unspecified atom stereocenters. The lowest BCUT2D eigenvalue weighted by atomic mass is 9.87. The van der Waals surface area contributed by atoms with Crippen molar-refractivity contribution in [2.24, 2.45) is 0 Å². The highest BCUT2D eigenvalue weighted by atomic mass is 35.5. The van der Waals surface area contributed by atoms with Crippen LogP contribution in [0.5, 0.6) is 5.75 Å². The van der Waals surface area contributed by atoms with Crippen LogP contribution in [0.1, 0.15) is 30.9 Å². The second-order valence-electron chi connectivity index (χ2n) is 9.93. The maximum Gasteiger partial charge on any atom is 0.152 e. The van der Waals surface area contributed by atoms with Crippen molar-refractivity contribution in [2.45, 2.75) is 32.0 Å². The smallest absolute Gasteiger partial charge is 0.152 e. The molecule has 1 aromatic heterocycles. The van der Waals surface area contributed by atoms with E-state index < -0.39 is 15.4 Å². The van der Waals surface area contributed by atoms with Gasteiger partial charge in [-0.3, -0.25) is 0 Å². The summed E-state index contributed by atoms with van der Waals surface area (Å²) in [6, 6.07) is 17.4. The molecule has 3 aromatic carbocycles. The van der Waals surface area contributed by atoms with Gasteiger partial charge in [0.05, 0.1) is 35.8 Å². The van der Waals surface area contributed by atoms with Crippen LogP contribution in [0.15, 0.2) is 79.3 Å². The second-order valence-corrected chi connectivity index (χ2v) is 12.8. The normalized spacial score (nSPS) is 16.5. The van der Waals surface area contributed by atoms with Gasteiger partial charge in [-0.15, -0.1) is 0 Å². The second kappa shape index (κ2) is 13.1. The minimum Gasteiger partial charge on any atom is -0.490 e. The minimum absolute atomic E-state index is 0.00206. The SMILES string of the molecule is CCS(=O)(=O)CCOCCC1(c2ccc3ncnc(Nc4ccc(OCc5cccc(F)c5)c(Cl)c4)c3c2)CC=CO1. The van der Waals surface area contributed by atoms with Gasteiger partial charge in [0.15, 0.2) is 9.84 Å². The van der Waals surface area contributed by atoms with Crippen molar-refractivity contribution in [3.8, 4) is 5.75 Å². The number of halogens is 2. The van der Waals surface area contributed by atoms with Crippen molar-refractivity contribution >= 4 is 43.8 Å². The van der Waals surface area contributed by atoms with E-state index in [1.165, 1.54) is 18.5 Å². The van der Waals surface area contributed by atoms with Crippen molar-refractivity contribution < 1.29 is 27.0 Å². The van der Waals surface area contributed by atoms with E-state index in [1.807, 2.05) is 30.3 Å². The topological polar surface area (TPSA) is 99.6 Å². The fraction of sp³-hybridized carbons (Fsp3) is 0.290. The third-order valence-electron chi connectivity index (χ3n) is 7.11. The van der Waals surface area contributed by atoms with Crippen LogP contribution in [0.2, 0.25) is 5.02 Å². The lowest BCUT2D eigenvalue weighted by Crippen LogP contribution is -2.27. The standard InChI is InChI=1S/C31H31ClFN3O5S/c1-2-42(37,38)16-15-39-14-12-31(11-4-13-41-31)23-7-9-28-26(18-23)30(35-21-34-28)36-25-8-10-29(27(32)19-25)40-20-22-5-3-6-24(33)17-22/h3-10,13,17-19,21H,2,11-12,14-16,20H2,1H3,(H,34,35,36). The Balaban J connectivity index is 1.30. The van der Waals surface area contributed by atoms with Crippen LogP contribution < -0.4 is 10.1 Å². The number of nitrogens with one attached hydrogen (secondary N) is 1. The highest BCUT2D eigenvalue weighted by Crippen LogP contribution is 2.40. The van der Waals surface area contributed by atoms with Crippen LogP contribution in [0.3, 0.4) is 0 Å². The van der Waals surface area contributed by atoms with E-state index in [9.17, 15) is 12.8 Å². The summed E-state index contributed by atoms with van der Waals surface area (Å²) >= 11 is 6.50. The molecule has 1 atom stereocenters. The summed E-state index contributed by atoms with van der Waals surface area (Å²) in [7, 11) is -3.08. The minimum atomic E-state index is -3.08. The molecular weight excluding hydrogens is 581 g/mol. The van der Waals surface area contributed by atoms with Gasteiger partial charge in [-0.05, 0) is 59.7 Å². The first-order chi connectivity index (χ1) is 20.3. The number of anilines is 2. The summed E-state index contributed by atoms with van der Waals surface area (Å²) in [6.07, 6.45) is 6.34. The molecule has 4 aromatic rings. The molecule has 0 bridgehead atoms. The van der Waals surface area contributed by atoms with Crippen molar-refractivity contribution in [1.29, 1.82) is 0 Å². The molecule has 0 amide bonds. The number of fused-ring (bicyclic) bond motifs is 1. The molecule has 42 heavy (non-hydrogen) atoms. The van der Waals surface area contributed by atoms with Crippen molar-refractivity contribution in [3.05, 3.63) is 101 Å². The average molecular weight is 612 g/mol. The number of hydrogen-bond acceptors (Lipinski definition) is 8. The average Bonchev–Trinajstić information content (AvgIpc) is 3.47. The lowest BCUT2D eigenvalue weighted by Gasteiger charge is -2.29. The van der Waals surface area contributed by atoms with Crippen LogP contribution >= 0.6 is 11.6 Å². The molecule has 1 aliphatic heterocycles. The van der Waals surface area contributed by atoms with E-state index in [-0.39, 0.29) is 30.5 Å². The highest BCUT2D eigenvalue weighted by Gasteiger charge is 2.35. The first-order valence-electron chi connectivity index (χ1n) is 13.6. The molecule has 11 heteroatoms. The van der Waals surface area contributed by atoms with Gasteiger partial charge in [0.2, 0.25) is 0 Å². The van der Waals surface area contributed by atoms with E-state index in [2.05, 4.69) is 15.3 Å². The Kier molecular flexibility index (Phi) is 9.25. The van der Waals surface area contributed by atoms with Gasteiger partial charge >= 0.3 is 0 Å². The summed E-state index contributed by atoms with van der Waals surface area (Å²) in [5, 5.41) is 4.52. The molecular formula is C31H31ClFN3O5S. The fourth-order valence-electron chi connectivity index (χ4n) is 4.69. The zero-order valence-electron chi connectivity index (χ0n) is 23.1. The number of hydrogen-bond donors (Lipinski definition) is 1. The highest BCUT2D eigenvalue weighted by molar-refractivity contribution is 7.91. The number of sulfone groups is 1. The quantitative estimate of drug-likeness (QED) is 0.166. The molecule has 220 valence electrons. The Morgan fingerprint density at radius 1 is 1.10 bits per heavy atom. The summed E-state index contributed by atoms with van der Waals surface area (Å²) in [6.45, 7) is 2.31. The Hall–Kier alpha value is -3.73. The molecule has 8 nitrogen and oxygen atoms in total. The fourth-order valence-corrected chi connectivity index (χ4v) is 5.58. The van der Waals surface area contributed by atoms with Crippen LogP contribution in [-0.2, 0) is 31.5 Å². The van der Waals surface area contributed by atoms with Crippen molar-refractivity contribution in [2.75, 3.05) is 30.0 Å². The third kappa shape index (κ3) is 7.18. The molecule has 0 fully saturated rings. The van der Waals surface area contributed by atoms with Crippen LogP contribution in [0, 0.1) is 5.82 Å². The monoisotopic (exact) mass is 611 g/mol. The van der Waals surface area contributed by atoms with E-state index >= 15 is 0 Å².